The summed E-state index contributed by atoms with van der Waals surface area (Å²) in [7, 11) is 0. The summed E-state index contributed by atoms with van der Waals surface area (Å²) in [6.45, 7) is 6.25. The molecular formula is C18H23ClFN3O4. The van der Waals surface area contributed by atoms with Crippen molar-refractivity contribution in [2.45, 2.75) is 45.3 Å². The number of halogens is 2. The van der Waals surface area contributed by atoms with Gasteiger partial charge < -0.3 is 15.0 Å². The maximum Gasteiger partial charge on any atom is 0.410 e. The lowest BCUT2D eigenvalue weighted by atomic mass is 10.1. The minimum Gasteiger partial charge on any atom is -0.444 e. The van der Waals surface area contributed by atoms with Crippen molar-refractivity contribution in [2.24, 2.45) is 0 Å². The molecule has 1 aromatic rings. The van der Waals surface area contributed by atoms with Gasteiger partial charge in [0.05, 0.1) is 5.56 Å². The smallest absolute Gasteiger partial charge is 0.410 e. The van der Waals surface area contributed by atoms with Crippen molar-refractivity contribution in [1.82, 2.24) is 15.5 Å². The Bertz CT molecular complexity index is 728. The van der Waals surface area contributed by atoms with E-state index >= 15 is 0 Å². The Kier molecular flexibility index (Phi) is 6.64. The van der Waals surface area contributed by atoms with Crippen LogP contribution in [0, 0.1) is 5.82 Å². The predicted octanol–water partition coefficient (Wildman–Crippen LogP) is 3.32. The van der Waals surface area contributed by atoms with E-state index in [2.05, 4.69) is 10.6 Å². The summed E-state index contributed by atoms with van der Waals surface area (Å²) in [6.07, 6.45) is 0.658. The first kappa shape index (κ1) is 21.0. The molecule has 1 aliphatic rings. The first-order valence-electron chi connectivity index (χ1n) is 8.60. The summed E-state index contributed by atoms with van der Waals surface area (Å²) in [5, 5.41) is 4.91. The molecular weight excluding hydrogens is 377 g/mol. The molecule has 2 N–H and O–H groups in total. The highest BCUT2D eigenvalue weighted by Crippen LogP contribution is 2.16. The standard InChI is InChI=1S/C18H23ClFN3O4/c1-18(2,3)27-17(26)23-8-6-12(7-9-23)21-16(25)22-15(24)13-5-4-11(19)10-14(13)20/h4-5,10,12H,6-9H2,1-3H3,(H2,21,22,24,25). The van der Waals surface area contributed by atoms with Gasteiger partial charge >= 0.3 is 12.1 Å². The molecule has 1 fully saturated rings. The van der Waals surface area contributed by atoms with Gasteiger partial charge in [0.1, 0.15) is 11.4 Å². The minimum absolute atomic E-state index is 0.158. The second-order valence-corrected chi connectivity index (χ2v) is 7.73. The Labute approximate surface area is 162 Å². The molecule has 0 unspecified atom stereocenters. The number of hydrogen-bond acceptors (Lipinski definition) is 4. The number of carbonyl (C=O) groups is 3. The molecule has 0 aliphatic carbocycles. The Morgan fingerprint density at radius 2 is 1.85 bits per heavy atom. The van der Waals surface area contributed by atoms with E-state index in [-0.39, 0.29) is 16.6 Å². The molecule has 1 aliphatic heterocycles. The van der Waals surface area contributed by atoms with Crippen LogP contribution in [0.2, 0.25) is 5.02 Å². The van der Waals surface area contributed by atoms with E-state index in [0.29, 0.717) is 25.9 Å². The molecule has 2 rings (SSSR count). The van der Waals surface area contributed by atoms with Gasteiger partial charge in [-0.25, -0.2) is 14.0 Å². The van der Waals surface area contributed by atoms with Gasteiger partial charge in [0.25, 0.3) is 5.91 Å². The number of nitrogens with zero attached hydrogens (tertiary/aromatic N) is 1. The van der Waals surface area contributed by atoms with Crippen LogP contribution in [0.3, 0.4) is 0 Å². The number of hydrogen-bond donors (Lipinski definition) is 2. The van der Waals surface area contributed by atoms with Gasteiger partial charge in [-0.15, -0.1) is 0 Å². The molecule has 1 saturated heterocycles. The van der Waals surface area contributed by atoms with Crippen molar-refractivity contribution in [3.63, 3.8) is 0 Å². The van der Waals surface area contributed by atoms with Crippen LogP contribution in [0.4, 0.5) is 14.0 Å². The van der Waals surface area contributed by atoms with Crippen LogP contribution < -0.4 is 10.6 Å². The Morgan fingerprint density at radius 1 is 1.22 bits per heavy atom. The van der Waals surface area contributed by atoms with E-state index in [1.54, 1.807) is 25.7 Å². The molecule has 7 nitrogen and oxygen atoms in total. The molecule has 4 amide bonds. The molecule has 0 spiro atoms. The van der Waals surface area contributed by atoms with E-state index < -0.39 is 29.4 Å². The molecule has 27 heavy (non-hydrogen) atoms. The number of benzene rings is 1. The summed E-state index contributed by atoms with van der Waals surface area (Å²) in [4.78, 5) is 37.6. The van der Waals surface area contributed by atoms with Crippen molar-refractivity contribution >= 4 is 29.6 Å². The number of imide groups is 1. The van der Waals surface area contributed by atoms with Crippen molar-refractivity contribution < 1.29 is 23.5 Å². The molecule has 0 atom stereocenters. The van der Waals surface area contributed by atoms with E-state index in [1.165, 1.54) is 12.1 Å². The lowest BCUT2D eigenvalue weighted by Gasteiger charge is -2.33. The average molecular weight is 400 g/mol. The average Bonchev–Trinajstić information content (AvgIpc) is 2.53. The van der Waals surface area contributed by atoms with Crippen LogP contribution >= 0.6 is 11.6 Å². The zero-order chi connectivity index (χ0) is 20.2. The van der Waals surface area contributed by atoms with Gasteiger partial charge in [0.2, 0.25) is 0 Å². The largest absolute Gasteiger partial charge is 0.444 e. The fourth-order valence-corrected chi connectivity index (χ4v) is 2.76. The molecule has 1 aromatic carbocycles. The number of urea groups is 1. The molecule has 9 heteroatoms. The van der Waals surface area contributed by atoms with Crippen LogP contribution in [0.15, 0.2) is 18.2 Å². The van der Waals surface area contributed by atoms with Gasteiger partial charge in [-0.2, -0.15) is 0 Å². The molecule has 1 heterocycles. The van der Waals surface area contributed by atoms with Crippen molar-refractivity contribution in [2.75, 3.05) is 13.1 Å². The molecule has 0 saturated carbocycles. The van der Waals surface area contributed by atoms with E-state index in [4.69, 9.17) is 16.3 Å². The lowest BCUT2D eigenvalue weighted by Crippen LogP contribution is -2.50. The number of carbonyl (C=O) groups excluding carboxylic acids is 3. The van der Waals surface area contributed by atoms with Crippen molar-refractivity contribution in [1.29, 1.82) is 0 Å². The molecule has 0 bridgehead atoms. The quantitative estimate of drug-likeness (QED) is 0.798. The Balaban J connectivity index is 1.80. The zero-order valence-electron chi connectivity index (χ0n) is 15.5. The first-order chi connectivity index (χ1) is 12.5. The molecule has 0 aromatic heterocycles. The SMILES string of the molecule is CC(C)(C)OC(=O)N1CCC(NC(=O)NC(=O)c2ccc(Cl)cc2F)CC1. The van der Waals surface area contributed by atoms with Crippen LogP contribution in [0.5, 0.6) is 0 Å². The third kappa shape index (κ3) is 6.39. The van der Waals surface area contributed by atoms with Gasteiger partial charge in [0, 0.05) is 24.2 Å². The lowest BCUT2D eigenvalue weighted by molar-refractivity contribution is 0.0201. The van der Waals surface area contributed by atoms with Gasteiger partial charge in [-0.05, 0) is 51.8 Å². The summed E-state index contributed by atoms with van der Waals surface area (Å²) < 4.78 is 19.0. The summed E-state index contributed by atoms with van der Waals surface area (Å²) in [5.74, 6) is -1.66. The minimum atomic E-state index is -0.854. The summed E-state index contributed by atoms with van der Waals surface area (Å²) >= 11 is 5.64. The summed E-state index contributed by atoms with van der Waals surface area (Å²) in [5.41, 5.74) is -0.835. The number of piperidine rings is 1. The van der Waals surface area contributed by atoms with Gasteiger partial charge in [-0.1, -0.05) is 11.6 Å². The van der Waals surface area contributed by atoms with Crippen molar-refractivity contribution in [3.8, 4) is 0 Å². The number of amides is 4. The van der Waals surface area contributed by atoms with Gasteiger partial charge in [-0.3, -0.25) is 10.1 Å². The van der Waals surface area contributed by atoms with Crippen LogP contribution in [0.25, 0.3) is 0 Å². The normalized spacial score (nSPS) is 15.2. The maximum atomic E-state index is 13.7. The highest BCUT2D eigenvalue weighted by molar-refractivity contribution is 6.30. The van der Waals surface area contributed by atoms with E-state index in [0.717, 1.165) is 6.07 Å². The van der Waals surface area contributed by atoms with Gasteiger partial charge in [0.15, 0.2) is 0 Å². The number of ether oxygens (including phenoxy) is 1. The second kappa shape index (κ2) is 8.56. The third-order valence-corrected chi connectivity index (χ3v) is 4.12. The van der Waals surface area contributed by atoms with Crippen LogP contribution in [-0.4, -0.2) is 47.7 Å². The maximum absolute atomic E-state index is 13.7. The fraction of sp³-hybridized carbons (Fsp3) is 0.500. The van der Waals surface area contributed by atoms with Crippen LogP contribution in [-0.2, 0) is 4.74 Å². The van der Waals surface area contributed by atoms with Crippen molar-refractivity contribution in [3.05, 3.63) is 34.6 Å². The highest BCUT2D eigenvalue weighted by atomic mass is 35.5. The first-order valence-corrected chi connectivity index (χ1v) is 8.98. The zero-order valence-corrected chi connectivity index (χ0v) is 16.2. The van der Waals surface area contributed by atoms with E-state index in [9.17, 15) is 18.8 Å². The number of rotatable bonds is 2. The predicted molar refractivity (Wildman–Crippen MR) is 98.2 cm³/mol. The summed E-state index contributed by atoms with van der Waals surface area (Å²) in [6, 6.07) is 2.65. The topological polar surface area (TPSA) is 87.7 Å². The number of nitrogens with one attached hydrogen (secondary N) is 2. The van der Waals surface area contributed by atoms with E-state index in [1.807, 2.05) is 0 Å². The Morgan fingerprint density at radius 3 is 2.41 bits per heavy atom. The Hall–Kier alpha value is -2.35. The second-order valence-electron chi connectivity index (χ2n) is 7.29. The van der Waals surface area contributed by atoms with Crippen LogP contribution in [0.1, 0.15) is 44.0 Å². The number of likely N-dealkylation sites (tertiary alicyclic amines) is 1. The monoisotopic (exact) mass is 399 g/mol. The third-order valence-electron chi connectivity index (χ3n) is 3.88. The highest BCUT2D eigenvalue weighted by Gasteiger charge is 2.27. The molecule has 0 radical (unpaired) electrons. The molecule has 148 valence electrons. The fourth-order valence-electron chi connectivity index (χ4n) is 2.60.